The summed E-state index contributed by atoms with van der Waals surface area (Å²) in [5, 5.41) is 0. The van der Waals surface area contributed by atoms with E-state index in [4.69, 9.17) is 13.3 Å². The molecule has 3 aliphatic heterocycles. The van der Waals surface area contributed by atoms with E-state index in [0.29, 0.717) is 0 Å². The Morgan fingerprint density at radius 2 is 1.72 bits per heavy atom. The number of imidazole rings is 1. The summed E-state index contributed by atoms with van der Waals surface area (Å²) in [4.78, 5) is 6.37. The standard InChI is InChI=1S/C11H19N3O3Si/c1-2-14(11-12-1)6-10-18-15-7-3-13(4-8-16-18)5-9-17-18/h1-2,11H,3-10H2. The van der Waals surface area contributed by atoms with Crippen molar-refractivity contribution in [3.63, 3.8) is 0 Å². The van der Waals surface area contributed by atoms with Gasteiger partial charge >= 0.3 is 8.80 Å². The molecule has 4 heterocycles. The molecule has 0 amide bonds. The van der Waals surface area contributed by atoms with Gasteiger partial charge in [-0.15, -0.1) is 0 Å². The van der Waals surface area contributed by atoms with Crippen LogP contribution in [-0.4, -0.2) is 62.7 Å². The summed E-state index contributed by atoms with van der Waals surface area (Å²) < 4.78 is 19.9. The molecule has 3 saturated heterocycles. The van der Waals surface area contributed by atoms with Crippen LogP contribution in [-0.2, 0) is 19.8 Å². The Labute approximate surface area is 108 Å². The zero-order chi connectivity index (χ0) is 12.3. The summed E-state index contributed by atoms with van der Waals surface area (Å²) in [6, 6.07) is 0.823. The van der Waals surface area contributed by atoms with E-state index in [9.17, 15) is 0 Å². The molecule has 4 rings (SSSR count). The van der Waals surface area contributed by atoms with E-state index in [1.54, 1.807) is 6.20 Å². The Balaban J connectivity index is 1.65. The van der Waals surface area contributed by atoms with Crippen LogP contribution in [0.25, 0.3) is 0 Å². The Morgan fingerprint density at radius 1 is 1.06 bits per heavy atom. The lowest BCUT2D eigenvalue weighted by Gasteiger charge is -2.38. The fraction of sp³-hybridized carbons (Fsp3) is 0.727. The van der Waals surface area contributed by atoms with Crippen molar-refractivity contribution in [2.75, 3.05) is 39.5 Å². The minimum Gasteiger partial charge on any atom is -0.372 e. The molecule has 3 fully saturated rings. The lowest BCUT2D eigenvalue weighted by molar-refractivity contribution is -0.00884. The van der Waals surface area contributed by atoms with E-state index < -0.39 is 8.80 Å². The van der Waals surface area contributed by atoms with Gasteiger partial charge in [-0.05, 0) is 0 Å². The van der Waals surface area contributed by atoms with Gasteiger partial charge < -0.3 is 17.8 Å². The largest absolute Gasteiger partial charge is 0.502 e. The lowest BCUT2D eigenvalue weighted by atomic mass is 10.4. The van der Waals surface area contributed by atoms with Crippen LogP contribution in [0.1, 0.15) is 0 Å². The number of aromatic nitrogens is 2. The predicted molar refractivity (Wildman–Crippen MR) is 67.1 cm³/mol. The molecule has 1 aromatic rings. The Hall–Kier alpha value is -0.733. The van der Waals surface area contributed by atoms with E-state index in [1.165, 1.54) is 0 Å². The first-order valence-electron chi connectivity index (χ1n) is 6.46. The second-order valence-corrected chi connectivity index (χ2v) is 7.35. The van der Waals surface area contributed by atoms with Crippen molar-refractivity contribution < 1.29 is 13.3 Å². The van der Waals surface area contributed by atoms with Crippen molar-refractivity contribution in [1.82, 2.24) is 14.5 Å². The van der Waals surface area contributed by atoms with Gasteiger partial charge in [0, 0.05) is 44.6 Å². The third-order valence-corrected chi connectivity index (χ3v) is 6.19. The summed E-state index contributed by atoms with van der Waals surface area (Å²) in [5.74, 6) is 0. The first-order valence-corrected chi connectivity index (χ1v) is 8.39. The molecule has 0 unspecified atom stereocenters. The maximum Gasteiger partial charge on any atom is 0.502 e. The van der Waals surface area contributed by atoms with Gasteiger partial charge in [0.2, 0.25) is 0 Å². The van der Waals surface area contributed by atoms with E-state index in [-0.39, 0.29) is 0 Å². The summed E-state index contributed by atoms with van der Waals surface area (Å²) in [6.07, 6.45) is 5.56. The van der Waals surface area contributed by atoms with Gasteiger partial charge in [-0.1, -0.05) is 0 Å². The fourth-order valence-electron chi connectivity index (χ4n) is 2.35. The molecule has 6 nitrogen and oxygen atoms in total. The van der Waals surface area contributed by atoms with E-state index in [1.807, 2.05) is 17.1 Å². The Morgan fingerprint density at radius 3 is 2.28 bits per heavy atom. The molecule has 0 radical (unpaired) electrons. The summed E-state index contributed by atoms with van der Waals surface area (Å²) in [5.41, 5.74) is 0. The summed E-state index contributed by atoms with van der Waals surface area (Å²) in [7, 11) is -2.46. The first kappa shape index (κ1) is 12.3. The lowest BCUT2D eigenvalue weighted by Crippen LogP contribution is -2.55. The molecule has 1 aromatic heterocycles. The Kier molecular flexibility index (Phi) is 3.76. The molecule has 0 atom stereocenters. The van der Waals surface area contributed by atoms with Gasteiger partial charge in [0.15, 0.2) is 0 Å². The van der Waals surface area contributed by atoms with Crippen LogP contribution in [0.3, 0.4) is 0 Å². The van der Waals surface area contributed by atoms with Crippen LogP contribution in [0, 0.1) is 0 Å². The van der Waals surface area contributed by atoms with Crippen LogP contribution in [0.15, 0.2) is 18.7 Å². The number of aryl methyl sites for hydroxylation is 1. The molecule has 18 heavy (non-hydrogen) atoms. The summed E-state index contributed by atoms with van der Waals surface area (Å²) in [6.45, 7) is 5.98. The van der Waals surface area contributed by atoms with Crippen molar-refractivity contribution in [2.45, 2.75) is 12.6 Å². The average Bonchev–Trinajstić information content (AvgIpc) is 2.79. The van der Waals surface area contributed by atoms with Gasteiger partial charge in [-0.25, -0.2) is 4.98 Å². The van der Waals surface area contributed by atoms with Crippen molar-refractivity contribution in [3.8, 4) is 0 Å². The number of fused-ring (bicyclic) bond motifs is 6. The van der Waals surface area contributed by atoms with E-state index >= 15 is 0 Å². The van der Waals surface area contributed by atoms with Gasteiger partial charge in [-0.3, -0.25) is 4.90 Å². The highest BCUT2D eigenvalue weighted by Crippen LogP contribution is 2.20. The van der Waals surface area contributed by atoms with Crippen LogP contribution in [0.5, 0.6) is 0 Å². The molecular weight excluding hydrogens is 250 g/mol. The molecule has 0 spiro atoms. The number of hydrogen-bond donors (Lipinski definition) is 0. The van der Waals surface area contributed by atoms with E-state index in [2.05, 4.69) is 9.88 Å². The number of hydrogen-bond acceptors (Lipinski definition) is 5. The predicted octanol–water partition coefficient (Wildman–Crippen LogP) is 0.201. The molecule has 0 aliphatic carbocycles. The summed E-state index contributed by atoms with van der Waals surface area (Å²) >= 11 is 0. The van der Waals surface area contributed by atoms with Crippen molar-refractivity contribution in [3.05, 3.63) is 18.7 Å². The third kappa shape index (κ3) is 2.81. The minimum absolute atomic E-state index is 0.718. The molecular formula is C11H19N3O3Si. The molecule has 0 N–H and O–H groups in total. The highest BCUT2D eigenvalue weighted by molar-refractivity contribution is 6.60. The van der Waals surface area contributed by atoms with Gasteiger partial charge in [-0.2, -0.15) is 0 Å². The topological polar surface area (TPSA) is 48.8 Å². The minimum atomic E-state index is -2.46. The normalized spacial score (nSPS) is 32.8. The second kappa shape index (κ2) is 5.50. The van der Waals surface area contributed by atoms with Gasteiger partial charge in [0.25, 0.3) is 0 Å². The first-order chi connectivity index (χ1) is 8.86. The molecule has 0 saturated carbocycles. The van der Waals surface area contributed by atoms with Gasteiger partial charge in [0.1, 0.15) is 0 Å². The Bertz CT molecular complexity index is 347. The zero-order valence-corrected chi connectivity index (χ0v) is 11.5. The van der Waals surface area contributed by atoms with Crippen molar-refractivity contribution >= 4 is 8.80 Å². The highest BCUT2D eigenvalue weighted by atomic mass is 28.4. The third-order valence-electron chi connectivity index (χ3n) is 3.42. The monoisotopic (exact) mass is 269 g/mol. The molecule has 100 valence electrons. The molecule has 2 bridgehead atoms. The number of rotatable bonds is 3. The quantitative estimate of drug-likeness (QED) is 0.734. The van der Waals surface area contributed by atoms with E-state index in [0.717, 1.165) is 52.0 Å². The second-order valence-electron chi connectivity index (χ2n) is 4.62. The SMILES string of the molecule is c1cn(CC[Si]23OCCN(CCO2)CCO3)cn1. The van der Waals surface area contributed by atoms with Gasteiger partial charge in [0.05, 0.1) is 26.1 Å². The molecule has 0 aromatic carbocycles. The van der Waals surface area contributed by atoms with Crippen molar-refractivity contribution in [2.24, 2.45) is 0 Å². The molecule has 7 heteroatoms. The van der Waals surface area contributed by atoms with Crippen LogP contribution >= 0.6 is 0 Å². The average molecular weight is 269 g/mol. The smallest absolute Gasteiger partial charge is 0.372 e. The van der Waals surface area contributed by atoms with Crippen molar-refractivity contribution in [1.29, 1.82) is 0 Å². The number of nitrogens with zero attached hydrogens (tertiary/aromatic N) is 3. The fourth-order valence-corrected chi connectivity index (χ4v) is 4.77. The highest BCUT2D eigenvalue weighted by Gasteiger charge is 2.43. The zero-order valence-electron chi connectivity index (χ0n) is 10.5. The molecule has 3 aliphatic rings. The van der Waals surface area contributed by atoms with Crippen LogP contribution in [0.2, 0.25) is 6.04 Å². The maximum absolute atomic E-state index is 5.96. The van der Waals surface area contributed by atoms with Crippen LogP contribution in [0.4, 0.5) is 0 Å². The maximum atomic E-state index is 5.96. The van der Waals surface area contributed by atoms with Crippen LogP contribution < -0.4 is 0 Å².